The minimum Gasteiger partial charge on any atom is -0.488 e. The van der Waals surface area contributed by atoms with Gasteiger partial charge < -0.3 is 14.2 Å². The molecule has 0 aliphatic rings. The molecular formula is C26H19ClF2N2O5. The fourth-order valence-electron chi connectivity index (χ4n) is 3.55. The molecule has 0 unspecified atom stereocenters. The molecule has 7 nitrogen and oxygen atoms in total. The highest BCUT2D eigenvalue weighted by Crippen LogP contribution is 2.37. The summed E-state index contributed by atoms with van der Waals surface area (Å²) < 4.78 is 44.4. The largest absolute Gasteiger partial charge is 0.488 e. The number of esters is 2. The van der Waals surface area contributed by atoms with Crippen LogP contribution in [-0.2, 0) is 16.1 Å². The lowest BCUT2D eigenvalue weighted by Crippen LogP contribution is -2.15. The number of benzene rings is 3. The van der Waals surface area contributed by atoms with Gasteiger partial charge in [-0.2, -0.15) is 5.10 Å². The van der Waals surface area contributed by atoms with Gasteiger partial charge in [-0.3, -0.25) is 0 Å². The van der Waals surface area contributed by atoms with Crippen molar-refractivity contribution in [1.29, 1.82) is 0 Å². The van der Waals surface area contributed by atoms with Gasteiger partial charge in [-0.15, -0.1) is 0 Å². The summed E-state index contributed by atoms with van der Waals surface area (Å²) in [6.45, 7) is -0.252. The first-order valence-corrected chi connectivity index (χ1v) is 10.9. The Kier molecular flexibility index (Phi) is 7.30. The summed E-state index contributed by atoms with van der Waals surface area (Å²) in [4.78, 5) is 25.7. The lowest BCUT2D eigenvalue weighted by atomic mass is 10.0. The molecule has 0 saturated heterocycles. The highest BCUT2D eigenvalue weighted by atomic mass is 35.5. The average Bonchev–Trinajstić information content (AvgIpc) is 3.29. The maximum Gasteiger partial charge on any atom is 0.357 e. The molecule has 1 heterocycles. The van der Waals surface area contributed by atoms with Crippen LogP contribution < -0.4 is 4.74 Å². The standard InChI is InChI=1S/C26H19ClF2N2O5/c1-34-25(32)22-23(30-31(24(22)26(33)35-2)18-6-4-3-5-7-18)19-12-16(27)9-11-21(19)36-14-15-8-10-17(28)13-20(15)29/h3-13H,14H2,1-2H3. The van der Waals surface area contributed by atoms with Gasteiger partial charge in [-0.05, 0) is 42.5 Å². The predicted octanol–water partition coefficient (Wildman–Crippen LogP) is 5.62. The number of carbonyl (C=O) groups is 2. The zero-order valence-electron chi connectivity index (χ0n) is 19.1. The summed E-state index contributed by atoms with van der Waals surface area (Å²) in [7, 11) is 2.34. The van der Waals surface area contributed by atoms with Gasteiger partial charge in [0.15, 0.2) is 5.69 Å². The van der Waals surface area contributed by atoms with Gasteiger partial charge in [0.05, 0.1) is 19.9 Å². The number of halogens is 3. The third-order valence-corrected chi connectivity index (χ3v) is 5.48. The van der Waals surface area contributed by atoms with E-state index in [0.29, 0.717) is 5.69 Å². The van der Waals surface area contributed by atoms with Crippen LogP contribution in [-0.4, -0.2) is 35.9 Å². The van der Waals surface area contributed by atoms with Gasteiger partial charge >= 0.3 is 11.9 Å². The Labute approximate surface area is 209 Å². The number of carbonyl (C=O) groups excluding carboxylic acids is 2. The number of methoxy groups -OCH3 is 2. The quantitative estimate of drug-likeness (QED) is 0.299. The molecule has 4 rings (SSSR count). The number of hydrogen-bond acceptors (Lipinski definition) is 6. The predicted molar refractivity (Wildman–Crippen MR) is 127 cm³/mol. The van der Waals surface area contributed by atoms with Crippen molar-refractivity contribution in [2.24, 2.45) is 0 Å². The molecule has 0 amide bonds. The van der Waals surface area contributed by atoms with E-state index in [-0.39, 0.29) is 45.5 Å². The molecule has 0 aliphatic heterocycles. The third-order valence-electron chi connectivity index (χ3n) is 5.25. The Bertz CT molecular complexity index is 1440. The number of rotatable bonds is 7. The minimum atomic E-state index is -0.844. The molecule has 36 heavy (non-hydrogen) atoms. The van der Waals surface area contributed by atoms with Gasteiger partial charge in [0.1, 0.15) is 35.2 Å². The Morgan fingerprint density at radius 2 is 1.67 bits per heavy atom. The summed E-state index contributed by atoms with van der Waals surface area (Å²) in [5, 5.41) is 4.81. The van der Waals surface area contributed by atoms with Gasteiger partial charge in [-0.25, -0.2) is 23.1 Å². The summed E-state index contributed by atoms with van der Waals surface area (Å²) in [5.41, 5.74) is 0.519. The lowest BCUT2D eigenvalue weighted by Gasteiger charge is -2.12. The first-order chi connectivity index (χ1) is 17.3. The molecule has 0 radical (unpaired) electrons. The summed E-state index contributed by atoms with van der Waals surface area (Å²) in [6, 6.07) is 16.3. The van der Waals surface area contributed by atoms with Crippen molar-refractivity contribution in [2.75, 3.05) is 14.2 Å². The van der Waals surface area contributed by atoms with E-state index in [9.17, 15) is 18.4 Å². The van der Waals surface area contributed by atoms with Crippen LogP contribution in [0.25, 0.3) is 16.9 Å². The zero-order chi connectivity index (χ0) is 25.8. The van der Waals surface area contributed by atoms with Crippen LogP contribution in [0.3, 0.4) is 0 Å². The van der Waals surface area contributed by atoms with E-state index >= 15 is 0 Å². The van der Waals surface area contributed by atoms with Crippen molar-refractivity contribution in [3.05, 3.63) is 100 Å². The molecule has 0 aliphatic carbocycles. The van der Waals surface area contributed by atoms with Crippen molar-refractivity contribution in [1.82, 2.24) is 9.78 Å². The van der Waals surface area contributed by atoms with Gasteiger partial charge in [0.25, 0.3) is 0 Å². The molecular weight excluding hydrogens is 494 g/mol. The summed E-state index contributed by atoms with van der Waals surface area (Å²) in [6.07, 6.45) is 0. The van der Waals surface area contributed by atoms with Gasteiger partial charge in [0.2, 0.25) is 0 Å². The van der Waals surface area contributed by atoms with Crippen molar-refractivity contribution in [3.8, 4) is 22.7 Å². The second-order valence-electron chi connectivity index (χ2n) is 7.47. The summed E-state index contributed by atoms with van der Waals surface area (Å²) >= 11 is 6.25. The lowest BCUT2D eigenvalue weighted by molar-refractivity contribution is 0.0549. The first kappa shape index (κ1) is 24.9. The first-order valence-electron chi connectivity index (χ1n) is 10.6. The van der Waals surface area contributed by atoms with E-state index in [2.05, 4.69) is 5.10 Å². The average molecular weight is 513 g/mol. The smallest absolute Gasteiger partial charge is 0.357 e. The monoisotopic (exact) mass is 512 g/mol. The number of hydrogen-bond donors (Lipinski definition) is 0. The Morgan fingerprint density at radius 1 is 0.944 bits per heavy atom. The van der Waals surface area contributed by atoms with Gasteiger partial charge in [0, 0.05) is 22.2 Å². The maximum absolute atomic E-state index is 14.2. The molecule has 0 fully saturated rings. The highest BCUT2D eigenvalue weighted by molar-refractivity contribution is 6.31. The molecule has 0 saturated carbocycles. The van der Waals surface area contributed by atoms with Crippen molar-refractivity contribution < 1.29 is 32.6 Å². The molecule has 0 spiro atoms. The Morgan fingerprint density at radius 3 is 2.33 bits per heavy atom. The van der Waals surface area contributed by atoms with Crippen molar-refractivity contribution >= 4 is 23.5 Å². The van der Waals surface area contributed by atoms with Crippen LogP contribution in [0.1, 0.15) is 26.4 Å². The number of aromatic nitrogens is 2. The number of para-hydroxylation sites is 1. The van der Waals surface area contributed by atoms with Crippen LogP contribution in [0, 0.1) is 11.6 Å². The molecule has 1 aromatic heterocycles. The third kappa shape index (κ3) is 4.92. The van der Waals surface area contributed by atoms with E-state index in [1.54, 1.807) is 30.3 Å². The SMILES string of the molecule is COC(=O)c1c(-c2cc(Cl)ccc2OCc2ccc(F)cc2F)nn(-c2ccccc2)c1C(=O)OC. The molecule has 0 bridgehead atoms. The molecule has 3 aromatic carbocycles. The van der Waals surface area contributed by atoms with Crippen LogP contribution in [0.2, 0.25) is 5.02 Å². The molecule has 0 N–H and O–H groups in total. The second kappa shape index (κ2) is 10.6. The molecule has 10 heteroatoms. The van der Waals surface area contributed by atoms with E-state index in [4.69, 9.17) is 25.8 Å². The zero-order valence-corrected chi connectivity index (χ0v) is 19.9. The summed E-state index contributed by atoms with van der Waals surface area (Å²) in [5.74, 6) is -2.98. The fraction of sp³-hybridized carbons (Fsp3) is 0.115. The van der Waals surface area contributed by atoms with Crippen LogP contribution >= 0.6 is 11.6 Å². The van der Waals surface area contributed by atoms with Crippen molar-refractivity contribution in [2.45, 2.75) is 6.61 Å². The Balaban J connectivity index is 1.90. The second-order valence-corrected chi connectivity index (χ2v) is 7.90. The maximum atomic E-state index is 14.2. The topological polar surface area (TPSA) is 79.7 Å². The fourth-order valence-corrected chi connectivity index (χ4v) is 3.72. The molecule has 184 valence electrons. The van der Waals surface area contributed by atoms with Crippen LogP contribution in [0.4, 0.5) is 8.78 Å². The van der Waals surface area contributed by atoms with Gasteiger partial charge in [-0.1, -0.05) is 29.8 Å². The number of ether oxygens (including phenoxy) is 3. The van der Waals surface area contributed by atoms with Crippen LogP contribution in [0.5, 0.6) is 5.75 Å². The molecule has 4 aromatic rings. The Hall–Kier alpha value is -4.24. The van der Waals surface area contributed by atoms with Crippen LogP contribution in [0.15, 0.2) is 66.7 Å². The molecule has 0 atom stereocenters. The van der Waals surface area contributed by atoms with E-state index in [0.717, 1.165) is 12.1 Å². The van der Waals surface area contributed by atoms with E-state index < -0.39 is 23.6 Å². The normalized spacial score (nSPS) is 10.7. The highest BCUT2D eigenvalue weighted by Gasteiger charge is 2.32. The van der Waals surface area contributed by atoms with Crippen molar-refractivity contribution in [3.63, 3.8) is 0 Å². The van der Waals surface area contributed by atoms with E-state index in [1.807, 2.05) is 0 Å². The number of nitrogens with zero attached hydrogens (tertiary/aromatic N) is 2. The van der Waals surface area contributed by atoms with E-state index in [1.165, 1.54) is 43.2 Å². The minimum absolute atomic E-state index is 0.0307.